The van der Waals surface area contributed by atoms with Crippen molar-refractivity contribution in [3.63, 3.8) is 0 Å². The summed E-state index contributed by atoms with van der Waals surface area (Å²) in [6.07, 6.45) is 2.67. The van der Waals surface area contributed by atoms with Gasteiger partial charge in [-0.25, -0.2) is 4.79 Å². The third-order valence-corrected chi connectivity index (χ3v) is 2.37. The largest absolute Gasteiger partial charge is 0.463 e. The van der Waals surface area contributed by atoms with Crippen molar-refractivity contribution in [2.75, 3.05) is 13.2 Å². The van der Waals surface area contributed by atoms with Crippen molar-refractivity contribution in [1.82, 2.24) is 0 Å². The molecule has 0 aliphatic carbocycles. The Labute approximate surface area is 113 Å². The van der Waals surface area contributed by atoms with Gasteiger partial charge >= 0.3 is 5.97 Å². The third-order valence-electron chi connectivity index (χ3n) is 2.37. The summed E-state index contributed by atoms with van der Waals surface area (Å²) in [5.74, 6) is -0.389. The average Bonchev–Trinajstić information content (AvgIpc) is 2.40. The molecule has 0 saturated heterocycles. The quantitative estimate of drug-likeness (QED) is 0.577. The summed E-state index contributed by atoms with van der Waals surface area (Å²) in [4.78, 5) is 11.0. The van der Waals surface area contributed by atoms with Crippen LogP contribution in [0.5, 0.6) is 0 Å². The predicted octanol–water partition coefficient (Wildman–Crippen LogP) is 2.07. The molecule has 0 spiro atoms. The Hall–Kier alpha value is -1.65. The topological polar surface area (TPSA) is 55.8 Å². The van der Waals surface area contributed by atoms with E-state index in [0.717, 1.165) is 5.56 Å². The first kappa shape index (κ1) is 15.4. The maximum atomic E-state index is 11.0. The van der Waals surface area contributed by atoms with E-state index >= 15 is 0 Å². The minimum Gasteiger partial charge on any atom is -0.463 e. The minimum atomic E-state index is -0.616. The molecule has 0 aliphatic rings. The van der Waals surface area contributed by atoms with Gasteiger partial charge in [0, 0.05) is 6.08 Å². The van der Waals surface area contributed by atoms with Crippen molar-refractivity contribution in [3.05, 3.63) is 48.0 Å². The molecule has 0 unspecified atom stereocenters. The number of ether oxygens (including phenoxy) is 2. The van der Waals surface area contributed by atoms with Crippen LogP contribution in [0.4, 0.5) is 0 Å². The maximum absolute atomic E-state index is 11.0. The SMILES string of the molecule is CCOC(=O)C=CC[C@H](O)COCc1ccccc1. The summed E-state index contributed by atoms with van der Waals surface area (Å²) >= 11 is 0. The molecular formula is C15H20O4. The summed E-state index contributed by atoms with van der Waals surface area (Å²) in [5.41, 5.74) is 1.07. The molecule has 1 rings (SSSR count). The number of rotatable bonds is 8. The van der Waals surface area contributed by atoms with Crippen LogP contribution in [0.1, 0.15) is 18.9 Å². The Morgan fingerprint density at radius 1 is 1.37 bits per heavy atom. The lowest BCUT2D eigenvalue weighted by atomic mass is 10.2. The van der Waals surface area contributed by atoms with Gasteiger partial charge in [-0.1, -0.05) is 36.4 Å². The lowest BCUT2D eigenvalue weighted by Crippen LogP contribution is -2.14. The number of benzene rings is 1. The van der Waals surface area contributed by atoms with Crippen molar-refractivity contribution in [1.29, 1.82) is 0 Å². The molecule has 104 valence electrons. The van der Waals surface area contributed by atoms with Gasteiger partial charge in [-0.05, 0) is 18.9 Å². The molecule has 1 N–H and O–H groups in total. The van der Waals surface area contributed by atoms with Crippen LogP contribution in [-0.4, -0.2) is 30.4 Å². The molecule has 1 aromatic rings. The Kier molecular flexibility index (Phi) is 7.54. The Balaban J connectivity index is 2.14. The number of aliphatic hydroxyl groups is 1. The van der Waals surface area contributed by atoms with Gasteiger partial charge in [0.15, 0.2) is 0 Å². The zero-order valence-corrected chi connectivity index (χ0v) is 11.1. The molecular weight excluding hydrogens is 244 g/mol. The van der Waals surface area contributed by atoms with Gasteiger partial charge in [-0.2, -0.15) is 0 Å². The number of aliphatic hydroxyl groups excluding tert-OH is 1. The number of hydrogen-bond acceptors (Lipinski definition) is 4. The highest BCUT2D eigenvalue weighted by atomic mass is 16.5. The second-order valence-corrected chi connectivity index (χ2v) is 4.04. The molecule has 1 atom stereocenters. The zero-order valence-electron chi connectivity index (χ0n) is 11.1. The summed E-state index contributed by atoms with van der Waals surface area (Å²) in [6, 6.07) is 9.76. The molecule has 0 aliphatic heterocycles. The Morgan fingerprint density at radius 3 is 2.79 bits per heavy atom. The highest BCUT2D eigenvalue weighted by Gasteiger charge is 2.02. The molecule has 19 heavy (non-hydrogen) atoms. The van der Waals surface area contributed by atoms with Gasteiger partial charge in [-0.3, -0.25) is 0 Å². The van der Waals surface area contributed by atoms with Crippen molar-refractivity contribution in [2.45, 2.75) is 26.1 Å². The average molecular weight is 264 g/mol. The van der Waals surface area contributed by atoms with E-state index in [-0.39, 0.29) is 12.6 Å². The predicted molar refractivity (Wildman–Crippen MR) is 72.5 cm³/mol. The van der Waals surface area contributed by atoms with Crippen LogP contribution in [0.3, 0.4) is 0 Å². The molecule has 0 bridgehead atoms. The van der Waals surface area contributed by atoms with Crippen molar-refractivity contribution in [3.8, 4) is 0 Å². The van der Waals surface area contributed by atoms with E-state index in [0.29, 0.717) is 19.6 Å². The lowest BCUT2D eigenvalue weighted by molar-refractivity contribution is -0.137. The van der Waals surface area contributed by atoms with Crippen molar-refractivity contribution < 1.29 is 19.4 Å². The van der Waals surface area contributed by atoms with Crippen LogP contribution in [-0.2, 0) is 20.9 Å². The standard InChI is InChI=1S/C15H20O4/c1-2-19-15(17)10-6-9-14(16)12-18-11-13-7-4-3-5-8-13/h3-8,10,14,16H,2,9,11-12H2,1H3/t14-/m0/s1. The molecule has 0 saturated carbocycles. The molecule has 0 amide bonds. The smallest absolute Gasteiger partial charge is 0.330 e. The molecule has 4 heteroatoms. The Morgan fingerprint density at radius 2 is 2.11 bits per heavy atom. The maximum Gasteiger partial charge on any atom is 0.330 e. The van der Waals surface area contributed by atoms with Gasteiger partial charge in [-0.15, -0.1) is 0 Å². The van der Waals surface area contributed by atoms with Gasteiger partial charge in [0.25, 0.3) is 0 Å². The van der Waals surface area contributed by atoms with Crippen LogP contribution < -0.4 is 0 Å². The third kappa shape index (κ3) is 7.39. The molecule has 0 aromatic heterocycles. The molecule has 0 heterocycles. The van der Waals surface area contributed by atoms with Crippen LogP contribution in [0.2, 0.25) is 0 Å². The van der Waals surface area contributed by atoms with Crippen LogP contribution >= 0.6 is 0 Å². The van der Waals surface area contributed by atoms with E-state index in [2.05, 4.69) is 0 Å². The summed E-state index contributed by atoms with van der Waals surface area (Å²) in [7, 11) is 0. The van der Waals surface area contributed by atoms with E-state index in [1.807, 2.05) is 30.3 Å². The van der Waals surface area contributed by atoms with E-state index in [9.17, 15) is 9.90 Å². The highest BCUT2D eigenvalue weighted by Crippen LogP contribution is 2.02. The van der Waals surface area contributed by atoms with Crippen molar-refractivity contribution >= 4 is 5.97 Å². The van der Waals surface area contributed by atoms with Crippen molar-refractivity contribution in [2.24, 2.45) is 0 Å². The fourth-order valence-electron chi connectivity index (χ4n) is 1.47. The monoisotopic (exact) mass is 264 g/mol. The van der Waals surface area contributed by atoms with Crippen LogP contribution in [0, 0.1) is 0 Å². The van der Waals surface area contributed by atoms with E-state index in [1.54, 1.807) is 13.0 Å². The van der Waals surface area contributed by atoms with Gasteiger partial charge in [0.05, 0.1) is 25.9 Å². The normalized spacial score (nSPS) is 12.5. The first-order valence-electron chi connectivity index (χ1n) is 6.35. The number of hydrogen-bond donors (Lipinski definition) is 1. The first-order valence-corrected chi connectivity index (χ1v) is 6.35. The van der Waals surface area contributed by atoms with E-state index in [4.69, 9.17) is 9.47 Å². The molecule has 4 nitrogen and oxygen atoms in total. The molecule has 1 aromatic carbocycles. The van der Waals surface area contributed by atoms with Gasteiger partial charge < -0.3 is 14.6 Å². The van der Waals surface area contributed by atoms with Crippen LogP contribution in [0.15, 0.2) is 42.5 Å². The second-order valence-electron chi connectivity index (χ2n) is 4.04. The fraction of sp³-hybridized carbons (Fsp3) is 0.400. The van der Waals surface area contributed by atoms with Gasteiger partial charge in [0.2, 0.25) is 0 Å². The molecule has 0 fully saturated rings. The number of esters is 1. The fourth-order valence-corrected chi connectivity index (χ4v) is 1.47. The summed E-state index contributed by atoms with van der Waals surface area (Å²) in [5, 5.41) is 9.64. The lowest BCUT2D eigenvalue weighted by Gasteiger charge is -2.09. The Bertz CT molecular complexity index is 386. The highest BCUT2D eigenvalue weighted by molar-refractivity contribution is 5.81. The second kappa shape index (κ2) is 9.30. The number of carbonyl (C=O) groups excluding carboxylic acids is 1. The first-order chi connectivity index (χ1) is 9.22. The summed E-state index contributed by atoms with van der Waals surface area (Å²) in [6.45, 7) is 2.81. The number of carbonyl (C=O) groups is 1. The zero-order chi connectivity index (χ0) is 13.9. The minimum absolute atomic E-state index is 0.238. The summed E-state index contributed by atoms with van der Waals surface area (Å²) < 4.78 is 10.1. The van der Waals surface area contributed by atoms with Crippen LogP contribution in [0.25, 0.3) is 0 Å². The van der Waals surface area contributed by atoms with Gasteiger partial charge in [0.1, 0.15) is 0 Å². The van der Waals surface area contributed by atoms with E-state index in [1.165, 1.54) is 6.08 Å². The van der Waals surface area contributed by atoms with E-state index < -0.39 is 6.10 Å². The molecule has 0 radical (unpaired) electrons.